The van der Waals surface area contributed by atoms with Gasteiger partial charge in [-0.25, -0.2) is 22.7 Å². The highest BCUT2D eigenvalue weighted by Crippen LogP contribution is 2.52. The molecule has 0 saturated heterocycles. The van der Waals surface area contributed by atoms with E-state index in [9.17, 15) is 22.8 Å². The van der Waals surface area contributed by atoms with E-state index in [1.165, 1.54) is 19.3 Å². The zero-order chi connectivity index (χ0) is 29.1. The lowest BCUT2D eigenvalue weighted by molar-refractivity contribution is -0.146. The number of para-hydroxylation sites is 1. The van der Waals surface area contributed by atoms with Crippen molar-refractivity contribution in [3.63, 3.8) is 0 Å². The molecule has 216 valence electrons. The summed E-state index contributed by atoms with van der Waals surface area (Å²) in [4.78, 5) is 39.7. The van der Waals surface area contributed by atoms with Gasteiger partial charge in [-0.05, 0) is 51.7 Å². The van der Waals surface area contributed by atoms with Gasteiger partial charge in [0.1, 0.15) is 17.1 Å². The van der Waals surface area contributed by atoms with Crippen molar-refractivity contribution in [1.29, 1.82) is 0 Å². The van der Waals surface area contributed by atoms with Crippen LogP contribution in [0.15, 0.2) is 46.8 Å². The van der Waals surface area contributed by atoms with Crippen molar-refractivity contribution in [1.82, 2.24) is 4.72 Å². The first-order chi connectivity index (χ1) is 18.3. The average Bonchev–Trinajstić information content (AvgIpc) is 3.60. The second-order valence-corrected chi connectivity index (χ2v) is 11.4. The Balaban J connectivity index is 1.94. The zero-order valence-corrected chi connectivity index (χ0v) is 23.5. The lowest BCUT2D eigenvalue weighted by Gasteiger charge is -2.18. The Labute approximate surface area is 229 Å². The fourth-order valence-corrected chi connectivity index (χ4v) is 4.71. The van der Waals surface area contributed by atoms with Crippen molar-refractivity contribution >= 4 is 39.9 Å². The van der Waals surface area contributed by atoms with Crippen LogP contribution < -0.4 is 10.0 Å². The van der Waals surface area contributed by atoms with E-state index >= 15 is 0 Å². The maximum atomic E-state index is 13.2. The van der Waals surface area contributed by atoms with Crippen LogP contribution in [0.25, 0.3) is 0 Å². The molecule has 1 fully saturated rings. The largest absolute Gasteiger partial charge is 0.467 e. The number of hydrogen-bond donors (Lipinski definition) is 2. The number of allylic oxidation sites excluding steroid dienone is 1. The predicted octanol–water partition coefficient (Wildman–Crippen LogP) is 2.70. The van der Waals surface area contributed by atoms with Gasteiger partial charge in [0.15, 0.2) is 0 Å². The number of benzene rings is 1. The maximum Gasteiger partial charge on any atom is 0.433 e. The van der Waals surface area contributed by atoms with Gasteiger partial charge >= 0.3 is 12.1 Å². The number of sulfonamides is 1. The SMILES string of the molecule is C=C[C@@H]1C[C@]1(/C=N/C(=O)OC(C)(C)C)C(=O)NS(=O)(=O)c1ccccc1NCCOCCCOCC(=O)OC. The topological polar surface area (TPSA) is 159 Å². The van der Waals surface area contributed by atoms with Gasteiger partial charge in [0.25, 0.3) is 10.0 Å². The molecule has 2 atom stereocenters. The first-order valence-corrected chi connectivity index (χ1v) is 13.9. The number of nitrogens with zero attached hydrogens (tertiary/aromatic N) is 1. The number of esters is 1. The van der Waals surface area contributed by atoms with Crippen molar-refractivity contribution in [3.05, 3.63) is 36.9 Å². The van der Waals surface area contributed by atoms with Crippen molar-refractivity contribution in [2.24, 2.45) is 16.3 Å². The van der Waals surface area contributed by atoms with Crippen LogP contribution in [0.5, 0.6) is 0 Å². The molecule has 2 amide bonds. The molecule has 0 spiro atoms. The molecule has 2 rings (SSSR count). The third-order valence-electron chi connectivity index (χ3n) is 5.55. The Morgan fingerprint density at radius 2 is 1.85 bits per heavy atom. The summed E-state index contributed by atoms with van der Waals surface area (Å²) < 4.78 is 48.6. The summed E-state index contributed by atoms with van der Waals surface area (Å²) in [6, 6.07) is 6.14. The van der Waals surface area contributed by atoms with Gasteiger partial charge in [-0.1, -0.05) is 18.2 Å². The molecular formula is C26H37N3O9S. The number of anilines is 1. The number of hydrogen-bond acceptors (Lipinski definition) is 10. The third-order valence-corrected chi connectivity index (χ3v) is 6.94. The molecule has 0 unspecified atom stereocenters. The molecule has 0 aliphatic heterocycles. The van der Waals surface area contributed by atoms with Crippen LogP contribution >= 0.6 is 0 Å². The summed E-state index contributed by atoms with van der Waals surface area (Å²) in [6.45, 7) is 9.91. The highest BCUT2D eigenvalue weighted by molar-refractivity contribution is 7.90. The van der Waals surface area contributed by atoms with E-state index in [0.717, 1.165) is 6.21 Å². The Hall–Kier alpha value is -3.29. The predicted molar refractivity (Wildman–Crippen MR) is 144 cm³/mol. The van der Waals surface area contributed by atoms with Crippen molar-refractivity contribution < 1.29 is 41.7 Å². The minimum absolute atomic E-state index is 0.119. The number of carbonyl (C=O) groups is 3. The standard InChI is InChI=1S/C26H37N3O9S/c1-6-19-16-26(19,18-28-24(32)38-25(2,3)4)23(31)29-39(33,34)21-11-8-7-10-20(21)27-12-15-36-13-9-14-37-17-22(30)35-5/h6-8,10-11,18-19,27H,1,9,12-17H2,2-5H3,(H,29,31)/b28-18+/t19-,26-/m1/s1. The Kier molecular flexibility index (Phi) is 11.6. The quantitative estimate of drug-likeness (QED) is 0.140. The van der Waals surface area contributed by atoms with Gasteiger partial charge in [0.05, 0.1) is 24.8 Å². The van der Waals surface area contributed by atoms with E-state index in [1.807, 2.05) is 0 Å². The molecule has 1 aliphatic rings. The molecule has 1 aromatic rings. The zero-order valence-electron chi connectivity index (χ0n) is 22.7. The van der Waals surface area contributed by atoms with E-state index in [2.05, 4.69) is 26.3 Å². The van der Waals surface area contributed by atoms with Crippen molar-refractivity contribution in [2.75, 3.05) is 45.4 Å². The number of nitrogens with one attached hydrogen (secondary N) is 2. The summed E-state index contributed by atoms with van der Waals surface area (Å²) in [7, 11) is -2.99. The Bertz CT molecular complexity index is 1160. The first kappa shape index (κ1) is 31.9. The summed E-state index contributed by atoms with van der Waals surface area (Å²) in [6.07, 6.45) is 2.61. The van der Waals surface area contributed by atoms with Crippen LogP contribution in [-0.2, 0) is 38.6 Å². The normalized spacial score (nSPS) is 18.8. The van der Waals surface area contributed by atoms with Gasteiger partial charge in [-0.3, -0.25) is 4.79 Å². The van der Waals surface area contributed by atoms with Gasteiger partial charge < -0.3 is 24.3 Å². The molecule has 0 aromatic heterocycles. The highest BCUT2D eigenvalue weighted by atomic mass is 32.2. The van der Waals surface area contributed by atoms with Crippen LogP contribution in [0, 0.1) is 11.3 Å². The van der Waals surface area contributed by atoms with E-state index in [1.54, 1.807) is 39.0 Å². The smallest absolute Gasteiger partial charge is 0.433 e. The molecule has 1 aromatic carbocycles. The molecule has 12 nitrogen and oxygen atoms in total. The Morgan fingerprint density at radius 3 is 2.49 bits per heavy atom. The maximum absolute atomic E-state index is 13.2. The molecular weight excluding hydrogens is 530 g/mol. The van der Waals surface area contributed by atoms with Crippen LogP contribution in [0.4, 0.5) is 10.5 Å². The number of carbonyl (C=O) groups excluding carboxylic acids is 3. The van der Waals surface area contributed by atoms with Crippen molar-refractivity contribution in [3.8, 4) is 0 Å². The van der Waals surface area contributed by atoms with E-state index in [-0.39, 0.29) is 36.1 Å². The van der Waals surface area contributed by atoms with Gasteiger partial charge in [-0.15, -0.1) is 6.58 Å². The van der Waals surface area contributed by atoms with Crippen molar-refractivity contribution in [2.45, 2.75) is 44.1 Å². The fraction of sp³-hybridized carbons (Fsp3) is 0.538. The fourth-order valence-electron chi connectivity index (χ4n) is 3.48. The van der Waals surface area contributed by atoms with Gasteiger partial charge in [-0.2, -0.15) is 4.99 Å². The molecule has 0 heterocycles. The van der Waals surface area contributed by atoms with Crippen LogP contribution in [0.3, 0.4) is 0 Å². The minimum atomic E-state index is -4.27. The minimum Gasteiger partial charge on any atom is -0.467 e. The summed E-state index contributed by atoms with van der Waals surface area (Å²) >= 11 is 0. The molecule has 13 heteroatoms. The van der Waals surface area contributed by atoms with Crippen LogP contribution in [0.2, 0.25) is 0 Å². The van der Waals surface area contributed by atoms with Crippen LogP contribution in [0.1, 0.15) is 33.6 Å². The second kappa shape index (κ2) is 14.2. The molecule has 2 N–H and O–H groups in total. The summed E-state index contributed by atoms with van der Waals surface area (Å²) in [5.74, 6) is -1.64. The first-order valence-electron chi connectivity index (χ1n) is 12.4. The molecule has 1 aliphatic carbocycles. The molecule has 1 saturated carbocycles. The monoisotopic (exact) mass is 567 g/mol. The number of aliphatic imine (C=N–C) groups is 1. The van der Waals surface area contributed by atoms with E-state index < -0.39 is 39.0 Å². The van der Waals surface area contributed by atoms with E-state index in [4.69, 9.17) is 14.2 Å². The average molecular weight is 568 g/mol. The molecule has 0 radical (unpaired) electrons. The highest BCUT2D eigenvalue weighted by Gasteiger charge is 2.58. The number of ether oxygens (including phenoxy) is 4. The summed E-state index contributed by atoms with van der Waals surface area (Å²) in [5.41, 5.74) is -1.80. The van der Waals surface area contributed by atoms with E-state index in [0.29, 0.717) is 26.2 Å². The third kappa shape index (κ3) is 10.1. The number of methoxy groups -OCH3 is 1. The van der Waals surface area contributed by atoms with Crippen LogP contribution in [-0.4, -0.2) is 78.3 Å². The second-order valence-electron chi connectivity index (χ2n) is 9.78. The lowest BCUT2D eigenvalue weighted by atomic mass is 10.1. The number of rotatable bonds is 15. The lowest BCUT2D eigenvalue weighted by Crippen LogP contribution is -2.39. The Morgan fingerprint density at radius 1 is 1.15 bits per heavy atom. The molecule has 39 heavy (non-hydrogen) atoms. The summed E-state index contributed by atoms with van der Waals surface area (Å²) in [5, 5.41) is 3.00. The number of amides is 2. The van der Waals surface area contributed by atoms with Gasteiger partial charge in [0.2, 0.25) is 5.91 Å². The molecule has 0 bridgehead atoms. The van der Waals surface area contributed by atoms with Gasteiger partial charge in [0, 0.05) is 26.0 Å².